The average molecular weight is 214 g/mol. The summed E-state index contributed by atoms with van der Waals surface area (Å²) >= 11 is 3.46. The quantitative estimate of drug-likeness (QED) is 0.707. The van der Waals surface area contributed by atoms with E-state index in [2.05, 4.69) is 34.1 Å². The summed E-state index contributed by atoms with van der Waals surface area (Å²) in [5, 5.41) is 0. The highest BCUT2D eigenvalue weighted by atomic mass is 79.9. The van der Waals surface area contributed by atoms with E-state index >= 15 is 0 Å². The lowest BCUT2D eigenvalue weighted by molar-refractivity contribution is 0.911. The molecule has 1 aliphatic carbocycles. The summed E-state index contributed by atoms with van der Waals surface area (Å²) in [4.78, 5) is 0. The zero-order valence-corrected chi connectivity index (χ0v) is 8.02. The van der Waals surface area contributed by atoms with Gasteiger partial charge in [0.2, 0.25) is 0 Å². The molecule has 3 N–H and O–H groups in total. The normalized spacial score (nSPS) is 13.9. The van der Waals surface area contributed by atoms with Crippen LogP contribution in [0.5, 0.6) is 0 Å². The Bertz CT molecular complexity index is 258. The van der Waals surface area contributed by atoms with Crippen molar-refractivity contribution < 1.29 is 0 Å². The number of fused-ring (bicyclic) bond motifs is 1. The predicted octanol–water partition coefficient (Wildman–Crippen LogP) is 3.10. The number of benzene rings is 1. The van der Waals surface area contributed by atoms with E-state index in [4.69, 9.17) is 0 Å². The molecule has 0 unspecified atom stereocenters. The van der Waals surface area contributed by atoms with Crippen molar-refractivity contribution >= 4 is 15.9 Å². The Labute approximate surface area is 75.5 Å². The van der Waals surface area contributed by atoms with Crippen molar-refractivity contribution in [3.63, 3.8) is 0 Å². The summed E-state index contributed by atoms with van der Waals surface area (Å²) in [5.41, 5.74) is 3.08. The molecule has 0 fully saturated rings. The van der Waals surface area contributed by atoms with Gasteiger partial charge in [-0.3, -0.25) is 0 Å². The van der Waals surface area contributed by atoms with E-state index in [1.54, 1.807) is 5.56 Å². The second kappa shape index (κ2) is 3.37. The lowest BCUT2D eigenvalue weighted by Crippen LogP contribution is -1.79. The molecule has 0 bridgehead atoms. The van der Waals surface area contributed by atoms with Crippen molar-refractivity contribution in [1.29, 1.82) is 0 Å². The van der Waals surface area contributed by atoms with E-state index in [9.17, 15) is 0 Å². The highest BCUT2D eigenvalue weighted by molar-refractivity contribution is 9.10. The van der Waals surface area contributed by atoms with Crippen LogP contribution in [-0.2, 0) is 12.8 Å². The van der Waals surface area contributed by atoms with Crippen molar-refractivity contribution in [2.45, 2.75) is 19.3 Å². The van der Waals surface area contributed by atoms with E-state index in [0.717, 1.165) is 0 Å². The summed E-state index contributed by atoms with van der Waals surface area (Å²) in [6.07, 6.45) is 3.89. The zero-order chi connectivity index (χ0) is 6.97. The topological polar surface area (TPSA) is 35.0 Å². The van der Waals surface area contributed by atoms with Crippen LogP contribution >= 0.6 is 15.9 Å². The molecule has 0 saturated heterocycles. The predicted molar refractivity (Wildman–Crippen MR) is 51.2 cm³/mol. The molecule has 0 aliphatic heterocycles. The molecule has 0 spiro atoms. The Hall–Kier alpha value is -0.340. The molecule has 60 valence electrons. The Balaban J connectivity index is 0.000000605. The maximum atomic E-state index is 3.46. The molecule has 0 amide bonds. The van der Waals surface area contributed by atoms with Crippen molar-refractivity contribution in [2.75, 3.05) is 0 Å². The van der Waals surface area contributed by atoms with Crippen LogP contribution in [0, 0.1) is 0 Å². The average Bonchev–Trinajstić information content (AvgIpc) is 2.33. The van der Waals surface area contributed by atoms with Crippen LogP contribution < -0.4 is 6.15 Å². The summed E-state index contributed by atoms with van der Waals surface area (Å²) in [5.74, 6) is 0. The van der Waals surface area contributed by atoms with Gasteiger partial charge in [-0.2, -0.15) is 0 Å². The first-order valence-electron chi connectivity index (χ1n) is 3.63. The molecule has 1 aliphatic rings. The minimum atomic E-state index is 0. The molecule has 0 aromatic heterocycles. The first-order valence-corrected chi connectivity index (χ1v) is 4.43. The smallest absolute Gasteiger partial charge is 0.0178 e. The standard InChI is InChI=1S/C9H9Br.H3N/c10-9-5-4-7-2-1-3-8(7)6-9;/h4-6H,1-3H2;1H3. The molecular weight excluding hydrogens is 202 g/mol. The molecule has 1 nitrogen and oxygen atoms in total. The van der Waals surface area contributed by atoms with Gasteiger partial charge in [-0.25, -0.2) is 0 Å². The van der Waals surface area contributed by atoms with Crippen molar-refractivity contribution in [3.05, 3.63) is 33.8 Å². The van der Waals surface area contributed by atoms with Gasteiger partial charge in [0, 0.05) is 4.47 Å². The maximum absolute atomic E-state index is 3.46. The Kier molecular flexibility index (Phi) is 2.68. The van der Waals surface area contributed by atoms with Gasteiger partial charge in [0.25, 0.3) is 0 Å². The molecule has 11 heavy (non-hydrogen) atoms. The minimum absolute atomic E-state index is 0. The highest BCUT2D eigenvalue weighted by Gasteiger charge is 2.09. The van der Waals surface area contributed by atoms with E-state index < -0.39 is 0 Å². The first kappa shape index (κ1) is 8.75. The van der Waals surface area contributed by atoms with Gasteiger partial charge in [-0.1, -0.05) is 22.0 Å². The highest BCUT2D eigenvalue weighted by Crippen LogP contribution is 2.24. The fourth-order valence-electron chi connectivity index (χ4n) is 1.54. The summed E-state index contributed by atoms with van der Waals surface area (Å²) in [6.45, 7) is 0. The molecule has 0 atom stereocenters. The molecule has 2 rings (SSSR count). The molecule has 1 aromatic rings. The summed E-state index contributed by atoms with van der Waals surface area (Å²) in [6, 6.07) is 6.60. The van der Waals surface area contributed by atoms with Crippen molar-refractivity contribution in [2.24, 2.45) is 0 Å². The largest absolute Gasteiger partial charge is 0.344 e. The Morgan fingerprint density at radius 2 is 1.82 bits per heavy atom. The third-order valence-corrected chi connectivity index (χ3v) is 2.55. The Morgan fingerprint density at radius 3 is 2.64 bits per heavy atom. The number of hydrogen-bond acceptors (Lipinski definition) is 1. The van der Waals surface area contributed by atoms with E-state index in [1.807, 2.05) is 0 Å². The SMILES string of the molecule is Brc1ccc2c(c1)CCC2.N. The van der Waals surface area contributed by atoms with Gasteiger partial charge in [0.05, 0.1) is 0 Å². The molecule has 0 heterocycles. The maximum Gasteiger partial charge on any atom is 0.0178 e. The molecule has 0 saturated carbocycles. The summed E-state index contributed by atoms with van der Waals surface area (Å²) < 4.78 is 1.22. The lowest BCUT2D eigenvalue weighted by atomic mass is 10.1. The monoisotopic (exact) mass is 213 g/mol. The van der Waals surface area contributed by atoms with Gasteiger partial charge in [-0.15, -0.1) is 0 Å². The third-order valence-electron chi connectivity index (χ3n) is 2.06. The van der Waals surface area contributed by atoms with Gasteiger partial charge in [-0.05, 0) is 42.5 Å². The third kappa shape index (κ3) is 1.63. The molecule has 1 aromatic carbocycles. The van der Waals surface area contributed by atoms with E-state index in [1.165, 1.54) is 29.3 Å². The van der Waals surface area contributed by atoms with Crippen LogP contribution in [0.25, 0.3) is 0 Å². The van der Waals surface area contributed by atoms with Gasteiger partial charge in [0.15, 0.2) is 0 Å². The second-order valence-electron chi connectivity index (χ2n) is 2.77. The first-order chi connectivity index (χ1) is 4.86. The fraction of sp³-hybridized carbons (Fsp3) is 0.333. The molecule has 2 heteroatoms. The minimum Gasteiger partial charge on any atom is -0.344 e. The van der Waals surface area contributed by atoms with Gasteiger partial charge >= 0.3 is 0 Å². The number of halogens is 1. The molecule has 0 radical (unpaired) electrons. The van der Waals surface area contributed by atoms with E-state index in [0.29, 0.717) is 0 Å². The molecular formula is C9H12BrN. The van der Waals surface area contributed by atoms with Crippen molar-refractivity contribution in [1.82, 2.24) is 6.15 Å². The van der Waals surface area contributed by atoms with Crippen LogP contribution in [0.2, 0.25) is 0 Å². The number of rotatable bonds is 0. The van der Waals surface area contributed by atoms with Gasteiger partial charge in [0.1, 0.15) is 0 Å². The fourth-order valence-corrected chi connectivity index (χ4v) is 1.95. The number of aryl methyl sites for hydroxylation is 2. The van der Waals surface area contributed by atoms with Gasteiger partial charge < -0.3 is 6.15 Å². The van der Waals surface area contributed by atoms with Crippen LogP contribution in [0.1, 0.15) is 17.5 Å². The van der Waals surface area contributed by atoms with Crippen LogP contribution in [0.3, 0.4) is 0 Å². The second-order valence-corrected chi connectivity index (χ2v) is 3.68. The van der Waals surface area contributed by atoms with Crippen molar-refractivity contribution in [3.8, 4) is 0 Å². The van der Waals surface area contributed by atoms with Crippen LogP contribution in [-0.4, -0.2) is 0 Å². The van der Waals surface area contributed by atoms with Crippen LogP contribution in [0.15, 0.2) is 22.7 Å². The zero-order valence-electron chi connectivity index (χ0n) is 6.44. The summed E-state index contributed by atoms with van der Waals surface area (Å²) in [7, 11) is 0. The Morgan fingerprint density at radius 1 is 1.09 bits per heavy atom. The number of hydrogen-bond donors (Lipinski definition) is 1. The van der Waals surface area contributed by atoms with E-state index in [-0.39, 0.29) is 6.15 Å². The lowest BCUT2D eigenvalue weighted by Gasteiger charge is -1.97. The van der Waals surface area contributed by atoms with Crippen LogP contribution in [0.4, 0.5) is 0 Å².